The molecule has 0 saturated carbocycles. The number of para-hydroxylation sites is 1. The van der Waals surface area contributed by atoms with Gasteiger partial charge in [-0.25, -0.2) is 0 Å². The fourth-order valence-corrected chi connectivity index (χ4v) is 2.24. The summed E-state index contributed by atoms with van der Waals surface area (Å²) in [4.78, 5) is 10.9. The van der Waals surface area contributed by atoms with Crippen LogP contribution in [-0.4, -0.2) is 37.0 Å². The second-order valence-corrected chi connectivity index (χ2v) is 4.51. The highest BCUT2D eigenvalue weighted by Gasteiger charge is 2.33. The molecule has 19 heavy (non-hydrogen) atoms. The maximum absolute atomic E-state index is 10.9. The zero-order valence-corrected chi connectivity index (χ0v) is 11.0. The first kappa shape index (κ1) is 13.8. The van der Waals surface area contributed by atoms with Crippen LogP contribution in [0.2, 0.25) is 0 Å². The van der Waals surface area contributed by atoms with Crippen LogP contribution in [0.5, 0.6) is 5.75 Å². The number of carbonyl (C=O) groups is 1. The molecule has 0 aromatic heterocycles. The largest absolute Gasteiger partial charge is 0.496 e. The summed E-state index contributed by atoms with van der Waals surface area (Å²) in [6.07, 6.45) is -1.20. The van der Waals surface area contributed by atoms with Crippen LogP contribution in [0.4, 0.5) is 0 Å². The van der Waals surface area contributed by atoms with Crippen LogP contribution >= 0.6 is 0 Å². The summed E-state index contributed by atoms with van der Waals surface area (Å²) in [6.45, 7) is 1.50. The van der Waals surface area contributed by atoms with E-state index in [0.717, 1.165) is 11.3 Å². The van der Waals surface area contributed by atoms with Gasteiger partial charge in [0.25, 0.3) is 0 Å². The number of esters is 1. The molecule has 3 atom stereocenters. The average molecular weight is 266 g/mol. The molecular formula is C14H18O5. The van der Waals surface area contributed by atoms with Crippen molar-refractivity contribution in [1.82, 2.24) is 0 Å². The Labute approximate surface area is 112 Å². The van der Waals surface area contributed by atoms with E-state index in [0.29, 0.717) is 6.42 Å². The van der Waals surface area contributed by atoms with E-state index >= 15 is 0 Å². The normalized spacial score (nSPS) is 26.8. The first-order chi connectivity index (χ1) is 9.11. The molecule has 104 valence electrons. The molecule has 1 heterocycles. The van der Waals surface area contributed by atoms with Crippen LogP contribution in [0.25, 0.3) is 0 Å². The second kappa shape index (κ2) is 6.04. The molecule has 0 spiro atoms. The van der Waals surface area contributed by atoms with E-state index in [1.165, 1.54) is 6.92 Å². The van der Waals surface area contributed by atoms with Crippen molar-refractivity contribution in [3.05, 3.63) is 29.8 Å². The lowest BCUT2D eigenvalue weighted by atomic mass is 9.97. The molecule has 1 saturated heterocycles. The molecule has 0 bridgehead atoms. The molecular weight excluding hydrogens is 248 g/mol. The number of aliphatic hydroxyl groups is 1. The zero-order valence-electron chi connectivity index (χ0n) is 11.0. The maximum Gasteiger partial charge on any atom is 0.303 e. The molecule has 1 aliphatic rings. The van der Waals surface area contributed by atoms with Crippen LogP contribution in [-0.2, 0) is 14.3 Å². The minimum absolute atomic E-state index is 0.184. The quantitative estimate of drug-likeness (QED) is 0.839. The Morgan fingerprint density at radius 2 is 2.16 bits per heavy atom. The molecule has 1 aliphatic heterocycles. The highest BCUT2D eigenvalue weighted by atomic mass is 16.6. The third kappa shape index (κ3) is 3.24. The Kier molecular flexibility index (Phi) is 4.39. The van der Waals surface area contributed by atoms with Gasteiger partial charge < -0.3 is 19.3 Å². The van der Waals surface area contributed by atoms with Gasteiger partial charge in [0.2, 0.25) is 0 Å². The highest BCUT2D eigenvalue weighted by molar-refractivity contribution is 5.66. The molecule has 0 aliphatic carbocycles. The number of methoxy groups -OCH3 is 1. The van der Waals surface area contributed by atoms with Crippen molar-refractivity contribution in [3.8, 4) is 5.75 Å². The zero-order chi connectivity index (χ0) is 13.8. The topological polar surface area (TPSA) is 65.0 Å². The van der Waals surface area contributed by atoms with Crippen molar-refractivity contribution in [1.29, 1.82) is 0 Å². The number of hydrogen-bond donors (Lipinski definition) is 1. The maximum atomic E-state index is 10.9. The van der Waals surface area contributed by atoms with Gasteiger partial charge in [-0.1, -0.05) is 18.2 Å². The molecule has 5 heteroatoms. The lowest BCUT2D eigenvalue weighted by molar-refractivity contribution is -0.173. The summed E-state index contributed by atoms with van der Waals surface area (Å²) in [7, 11) is 1.60. The van der Waals surface area contributed by atoms with E-state index in [2.05, 4.69) is 0 Å². The van der Waals surface area contributed by atoms with Gasteiger partial charge in [-0.15, -0.1) is 0 Å². The Hall–Kier alpha value is -1.59. The summed E-state index contributed by atoms with van der Waals surface area (Å²) in [5, 5.41) is 10.0. The summed E-state index contributed by atoms with van der Waals surface area (Å²) in [5.41, 5.74) is 0.894. The van der Waals surface area contributed by atoms with E-state index in [4.69, 9.17) is 14.2 Å². The third-order valence-corrected chi connectivity index (χ3v) is 3.15. The molecule has 1 aromatic carbocycles. The molecule has 1 aromatic rings. The smallest absolute Gasteiger partial charge is 0.303 e. The number of ether oxygens (including phenoxy) is 3. The summed E-state index contributed by atoms with van der Waals surface area (Å²) in [6, 6.07) is 7.53. The first-order valence-corrected chi connectivity index (χ1v) is 6.21. The van der Waals surface area contributed by atoms with E-state index in [1.807, 2.05) is 24.3 Å². The van der Waals surface area contributed by atoms with Crippen molar-refractivity contribution in [2.75, 3.05) is 13.7 Å². The van der Waals surface area contributed by atoms with Crippen molar-refractivity contribution >= 4 is 5.97 Å². The minimum atomic E-state index is -0.729. The molecule has 2 rings (SSSR count). The Morgan fingerprint density at radius 3 is 2.79 bits per heavy atom. The predicted molar refractivity (Wildman–Crippen MR) is 67.9 cm³/mol. The Balaban J connectivity index is 2.07. The summed E-state index contributed by atoms with van der Waals surface area (Å²) < 4.78 is 16.0. The standard InChI is InChI=1S/C14H18O5/c1-9(15)19-14-8-18-13(7-11(14)16)10-5-3-4-6-12(10)17-2/h3-6,11,13-14,16H,7-8H2,1-2H3/t11-,13-,14-/m1/s1. The molecule has 0 amide bonds. The fourth-order valence-electron chi connectivity index (χ4n) is 2.24. The van der Waals surface area contributed by atoms with E-state index in [-0.39, 0.29) is 12.7 Å². The summed E-state index contributed by atoms with van der Waals surface area (Å²) >= 11 is 0. The van der Waals surface area contributed by atoms with Gasteiger partial charge in [0, 0.05) is 18.9 Å². The number of rotatable bonds is 3. The average Bonchev–Trinajstić information content (AvgIpc) is 2.40. The minimum Gasteiger partial charge on any atom is -0.496 e. The molecule has 0 radical (unpaired) electrons. The van der Waals surface area contributed by atoms with Crippen molar-refractivity contribution in [2.45, 2.75) is 31.7 Å². The third-order valence-electron chi connectivity index (χ3n) is 3.15. The molecule has 0 unspecified atom stereocenters. The van der Waals surface area contributed by atoms with Gasteiger partial charge in [0.1, 0.15) is 5.75 Å². The molecule has 1 N–H and O–H groups in total. The van der Waals surface area contributed by atoms with E-state index in [9.17, 15) is 9.90 Å². The van der Waals surface area contributed by atoms with Crippen molar-refractivity contribution in [2.24, 2.45) is 0 Å². The fraction of sp³-hybridized carbons (Fsp3) is 0.500. The Morgan fingerprint density at radius 1 is 1.42 bits per heavy atom. The van der Waals surface area contributed by atoms with Crippen molar-refractivity contribution < 1.29 is 24.1 Å². The van der Waals surface area contributed by atoms with Gasteiger partial charge in [-0.3, -0.25) is 4.79 Å². The summed E-state index contributed by atoms with van der Waals surface area (Å²) in [5.74, 6) is 0.314. The molecule has 5 nitrogen and oxygen atoms in total. The number of carbonyl (C=O) groups excluding carboxylic acids is 1. The van der Waals surface area contributed by atoms with Crippen LogP contribution < -0.4 is 4.74 Å². The van der Waals surface area contributed by atoms with E-state index < -0.39 is 18.2 Å². The number of hydrogen-bond acceptors (Lipinski definition) is 5. The highest BCUT2D eigenvalue weighted by Crippen LogP contribution is 2.34. The van der Waals surface area contributed by atoms with Gasteiger partial charge >= 0.3 is 5.97 Å². The van der Waals surface area contributed by atoms with Gasteiger partial charge in [0.15, 0.2) is 6.10 Å². The molecule has 1 fully saturated rings. The van der Waals surface area contributed by atoms with Crippen LogP contribution in [0.1, 0.15) is 25.0 Å². The first-order valence-electron chi connectivity index (χ1n) is 6.21. The van der Waals surface area contributed by atoms with Crippen LogP contribution in [0.15, 0.2) is 24.3 Å². The lowest BCUT2D eigenvalue weighted by Gasteiger charge is -2.33. The number of aliphatic hydroxyl groups excluding tert-OH is 1. The Bertz CT molecular complexity index is 445. The van der Waals surface area contributed by atoms with Gasteiger partial charge in [0.05, 0.1) is 25.9 Å². The van der Waals surface area contributed by atoms with Gasteiger partial charge in [-0.2, -0.15) is 0 Å². The lowest BCUT2D eigenvalue weighted by Crippen LogP contribution is -2.41. The predicted octanol–water partition coefficient (Wildman–Crippen LogP) is 1.45. The van der Waals surface area contributed by atoms with E-state index in [1.54, 1.807) is 7.11 Å². The van der Waals surface area contributed by atoms with Crippen LogP contribution in [0.3, 0.4) is 0 Å². The number of benzene rings is 1. The monoisotopic (exact) mass is 266 g/mol. The SMILES string of the molecule is COc1ccccc1[C@H]1C[C@@H](O)[C@H](OC(C)=O)CO1. The second-order valence-electron chi connectivity index (χ2n) is 4.51. The van der Waals surface area contributed by atoms with Crippen molar-refractivity contribution in [3.63, 3.8) is 0 Å². The van der Waals surface area contributed by atoms with Gasteiger partial charge in [-0.05, 0) is 6.07 Å². The van der Waals surface area contributed by atoms with Crippen LogP contribution in [0, 0.1) is 0 Å².